The summed E-state index contributed by atoms with van der Waals surface area (Å²) in [6.07, 6.45) is 5.43. The Morgan fingerprint density at radius 1 is 1.26 bits per heavy atom. The summed E-state index contributed by atoms with van der Waals surface area (Å²) >= 11 is 0. The average Bonchev–Trinajstić information content (AvgIpc) is 3.04. The molecule has 150 valence electrons. The fraction of sp³-hybridized carbons (Fsp3) is 0.550. The number of H-pyrrole nitrogens is 1. The summed E-state index contributed by atoms with van der Waals surface area (Å²) < 4.78 is 13.3. The Kier molecular flexibility index (Phi) is 8.82. The van der Waals surface area contributed by atoms with Crippen molar-refractivity contribution >= 4 is 40.8 Å². The Hall–Kier alpha value is -1.35. The maximum absolute atomic E-state index is 13.3. The average molecular weight is 487 g/mol. The highest BCUT2D eigenvalue weighted by molar-refractivity contribution is 14.0. The molecule has 1 aliphatic rings. The van der Waals surface area contributed by atoms with E-state index in [9.17, 15) is 4.39 Å². The highest BCUT2D eigenvalue weighted by Crippen LogP contribution is 2.19. The number of hydrogen-bond acceptors (Lipinski definition) is 2. The molecule has 5 nitrogen and oxygen atoms in total. The van der Waals surface area contributed by atoms with E-state index < -0.39 is 0 Å². The molecule has 3 N–H and O–H groups in total. The lowest BCUT2D eigenvalue weighted by Crippen LogP contribution is -2.43. The first-order valence-electron chi connectivity index (χ1n) is 9.58. The van der Waals surface area contributed by atoms with Crippen molar-refractivity contribution in [2.75, 3.05) is 39.8 Å². The van der Waals surface area contributed by atoms with Crippen LogP contribution in [0.1, 0.15) is 25.3 Å². The SMILES string of the molecule is CN=C(NCCc1c[nH]c2cc(F)ccc12)NCCN1CCC(C)CC1.I. The molecule has 2 heterocycles. The number of nitrogens with one attached hydrogen (secondary N) is 3. The molecule has 7 heteroatoms. The second kappa shape index (κ2) is 10.8. The molecule has 3 rings (SSSR count). The number of benzene rings is 1. The smallest absolute Gasteiger partial charge is 0.191 e. The summed E-state index contributed by atoms with van der Waals surface area (Å²) in [5, 5.41) is 7.83. The second-order valence-electron chi connectivity index (χ2n) is 7.20. The van der Waals surface area contributed by atoms with E-state index in [1.165, 1.54) is 43.6 Å². The zero-order chi connectivity index (χ0) is 18.4. The normalized spacial score (nSPS) is 16.3. The fourth-order valence-electron chi connectivity index (χ4n) is 3.52. The number of rotatable bonds is 6. The third-order valence-corrected chi connectivity index (χ3v) is 5.24. The van der Waals surface area contributed by atoms with E-state index in [0.29, 0.717) is 0 Å². The van der Waals surface area contributed by atoms with E-state index in [2.05, 4.69) is 32.4 Å². The first-order valence-corrected chi connectivity index (χ1v) is 9.58. The topological polar surface area (TPSA) is 55.5 Å². The van der Waals surface area contributed by atoms with Crippen LogP contribution in [0.25, 0.3) is 10.9 Å². The van der Waals surface area contributed by atoms with Crippen LogP contribution in [0, 0.1) is 11.7 Å². The van der Waals surface area contributed by atoms with Gasteiger partial charge in [-0.2, -0.15) is 0 Å². The van der Waals surface area contributed by atoms with E-state index in [4.69, 9.17) is 0 Å². The molecule has 0 unspecified atom stereocenters. The van der Waals surface area contributed by atoms with Gasteiger partial charge in [-0.15, -0.1) is 24.0 Å². The fourth-order valence-corrected chi connectivity index (χ4v) is 3.52. The first kappa shape index (κ1) is 21.9. The van der Waals surface area contributed by atoms with Crippen LogP contribution in [0.2, 0.25) is 0 Å². The summed E-state index contributed by atoms with van der Waals surface area (Å²) in [6, 6.07) is 4.88. The van der Waals surface area contributed by atoms with Crippen LogP contribution < -0.4 is 10.6 Å². The minimum Gasteiger partial charge on any atom is -0.361 e. The zero-order valence-corrected chi connectivity index (χ0v) is 18.6. The standard InChI is InChI=1S/C20H30FN5.HI/c1-15-6-10-26(11-7-15)12-9-24-20(22-2)23-8-5-16-14-25-19-13-17(21)3-4-18(16)19;/h3-4,13-15,25H,5-12H2,1-2H3,(H2,22,23,24);1H. The number of fused-ring (bicyclic) bond motifs is 1. The maximum Gasteiger partial charge on any atom is 0.191 e. The summed E-state index contributed by atoms with van der Waals surface area (Å²) in [5.41, 5.74) is 2.03. The van der Waals surface area contributed by atoms with Crippen molar-refractivity contribution in [1.82, 2.24) is 20.5 Å². The second-order valence-corrected chi connectivity index (χ2v) is 7.20. The summed E-state index contributed by atoms with van der Waals surface area (Å²) in [6.45, 7) is 7.49. The lowest BCUT2D eigenvalue weighted by atomic mass is 9.99. The molecule has 0 bridgehead atoms. The van der Waals surface area contributed by atoms with Crippen LogP contribution in [0.4, 0.5) is 4.39 Å². The van der Waals surface area contributed by atoms with Crippen molar-refractivity contribution in [3.05, 3.63) is 35.8 Å². The number of hydrogen-bond donors (Lipinski definition) is 3. The number of guanidine groups is 1. The molecule has 0 amide bonds. The van der Waals surface area contributed by atoms with Crippen LogP contribution in [0.15, 0.2) is 29.4 Å². The Labute approximate surface area is 178 Å². The van der Waals surface area contributed by atoms with Gasteiger partial charge < -0.3 is 20.5 Å². The van der Waals surface area contributed by atoms with Crippen molar-refractivity contribution in [2.24, 2.45) is 10.9 Å². The number of aliphatic imine (C=N–C) groups is 1. The largest absolute Gasteiger partial charge is 0.361 e. The Morgan fingerprint density at radius 3 is 2.74 bits per heavy atom. The van der Waals surface area contributed by atoms with Gasteiger partial charge in [0.2, 0.25) is 0 Å². The Balaban J connectivity index is 0.00000261. The van der Waals surface area contributed by atoms with Crippen LogP contribution in [-0.2, 0) is 6.42 Å². The predicted molar refractivity (Wildman–Crippen MR) is 122 cm³/mol. The van der Waals surface area contributed by atoms with Crippen molar-refractivity contribution in [3.63, 3.8) is 0 Å². The number of halogens is 2. The zero-order valence-electron chi connectivity index (χ0n) is 16.2. The highest BCUT2D eigenvalue weighted by atomic mass is 127. The maximum atomic E-state index is 13.3. The van der Waals surface area contributed by atoms with Gasteiger partial charge in [0.05, 0.1) is 0 Å². The summed E-state index contributed by atoms with van der Waals surface area (Å²) in [7, 11) is 1.80. The number of likely N-dealkylation sites (tertiary alicyclic amines) is 1. The number of nitrogens with zero attached hydrogens (tertiary/aromatic N) is 2. The lowest BCUT2D eigenvalue weighted by molar-refractivity contribution is 0.195. The minimum atomic E-state index is -0.211. The molecule has 1 aromatic carbocycles. The van der Waals surface area contributed by atoms with Gasteiger partial charge in [0.1, 0.15) is 5.82 Å². The van der Waals surface area contributed by atoms with Gasteiger partial charge in [-0.25, -0.2) is 4.39 Å². The lowest BCUT2D eigenvalue weighted by Gasteiger charge is -2.30. The van der Waals surface area contributed by atoms with Gasteiger partial charge in [0.25, 0.3) is 0 Å². The third kappa shape index (κ3) is 6.34. The molecule has 0 radical (unpaired) electrons. The van der Waals surface area contributed by atoms with E-state index in [0.717, 1.165) is 48.8 Å². The van der Waals surface area contributed by atoms with E-state index in [-0.39, 0.29) is 29.8 Å². The van der Waals surface area contributed by atoms with E-state index in [1.807, 2.05) is 12.3 Å². The minimum absolute atomic E-state index is 0. The molecule has 0 atom stereocenters. The van der Waals surface area contributed by atoms with Crippen molar-refractivity contribution in [3.8, 4) is 0 Å². The molecule has 0 spiro atoms. The van der Waals surface area contributed by atoms with Gasteiger partial charge in [0.15, 0.2) is 5.96 Å². The van der Waals surface area contributed by atoms with Gasteiger partial charge >= 0.3 is 0 Å². The highest BCUT2D eigenvalue weighted by Gasteiger charge is 2.14. The van der Waals surface area contributed by atoms with Crippen LogP contribution in [0.5, 0.6) is 0 Å². The molecule has 27 heavy (non-hydrogen) atoms. The number of piperidine rings is 1. The Morgan fingerprint density at radius 2 is 2.00 bits per heavy atom. The molecule has 0 aliphatic carbocycles. The van der Waals surface area contributed by atoms with Gasteiger partial charge in [-0.1, -0.05) is 6.92 Å². The van der Waals surface area contributed by atoms with Gasteiger partial charge in [0, 0.05) is 43.8 Å². The van der Waals surface area contributed by atoms with Crippen molar-refractivity contribution in [2.45, 2.75) is 26.2 Å². The quantitative estimate of drug-likeness (QED) is 0.333. The molecular formula is C20H31FIN5. The molecule has 1 aliphatic heterocycles. The van der Waals surface area contributed by atoms with E-state index >= 15 is 0 Å². The van der Waals surface area contributed by atoms with Crippen molar-refractivity contribution < 1.29 is 4.39 Å². The van der Waals surface area contributed by atoms with Crippen LogP contribution in [0.3, 0.4) is 0 Å². The molecule has 1 aromatic heterocycles. The first-order chi connectivity index (χ1) is 12.7. The van der Waals surface area contributed by atoms with Crippen molar-refractivity contribution in [1.29, 1.82) is 0 Å². The van der Waals surface area contributed by atoms with Crippen LogP contribution >= 0.6 is 24.0 Å². The summed E-state index contributed by atoms with van der Waals surface area (Å²) in [4.78, 5) is 9.95. The number of aromatic amines is 1. The molecule has 0 saturated carbocycles. The van der Waals surface area contributed by atoms with Gasteiger partial charge in [-0.3, -0.25) is 4.99 Å². The molecule has 2 aromatic rings. The third-order valence-electron chi connectivity index (χ3n) is 5.24. The van der Waals surface area contributed by atoms with Gasteiger partial charge in [-0.05, 0) is 62.0 Å². The number of aromatic nitrogens is 1. The molecule has 1 fully saturated rings. The van der Waals surface area contributed by atoms with E-state index in [1.54, 1.807) is 7.05 Å². The Bertz CT molecular complexity index is 737. The predicted octanol–water partition coefficient (Wildman–Crippen LogP) is 3.36. The van der Waals surface area contributed by atoms with Crippen LogP contribution in [-0.4, -0.2) is 55.6 Å². The monoisotopic (exact) mass is 487 g/mol. The molecule has 1 saturated heterocycles. The summed E-state index contributed by atoms with van der Waals surface area (Å²) in [5.74, 6) is 1.49. The molecular weight excluding hydrogens is 456 g/mol.